The highest BCUT2D eigenvalue weighted by molar-refractivity contribution is 5.86. The zero-order valence-corrected chi connectivity index (χ0v) is 11.9. The van der Waals surface area contributed by atoms with Crippen LogP contribution in [-0.4, -0.2) is 24.5 Å². The molecule has 1 rings (SSSR count). The number of urea groups is 1. The van der Waals surface area contributed by atoms with Gasteiger partial charge in [-0.25, -0.2) is 4.79 Å². The lowest BCUT2D eigenvalue weighted by molar-refractivity contribution is -0.123. The van der Waals surface area contributed by atoms with Crippen LogP contribution in [-0.2, 0) is 4.79 Å². The second-order valence-corrected chi connectivity index (χ2v) is 5.38. The molecule has 0 aliphatic heterocycles. The van der Waals surface area contributed by atoms with Crippen LogP contribution < -0.4 is 16.4 Å². The second-order valence-electron chi connectivity index (χ2n) is 5.38. The van der Waals surface area contributed by atoms with Crippen LogP contribution in [0.2, 0.25) is 0 Å². The predicted molar refractivity (Wildman–Crippen MR) is 75.5 cm³/mol. The van der Waals surface area contributed by atoms with Crippen LogP contribution in [0.3, 0.4) is 0 Å². The first-order valence-electron chi connectivity index (χ1n) is 7.02. The SMILES string of the molecule is CC(C)C(NC(N)=O)C(=O)NCCC1=CCCCC1. The second kappa shape index (κ2) is 7.81. The first-order chi connectivity index (χ1) is 9.00. The minimum Gasteiger partial charge on any atom is -0.354 e. The van der Waals surface area contributed by atoms with Gasteiger partial charge in [0, 0.05) is 6.54 Å². The van der Waals surface area contributed by atoms with Crippen molar-refractivity contribution < 1.29 is 9.59 Å². The molecule has 5 heteroatoms. The van der Waals surface area contributed by atoms with E-state index in [0.717, 1.165) is 19.3 Å². The summed E-state index contributed by atoms with van der Waals surface area (Å²) in [7, 11) is 0. The van der Waals surface area contributed by atoms with Crippen LogP contribution in [0.25, 0.3) is 0 Å². The molecule has 0 radical (unpaired) electrons. The fourth-order valence-corrected chi connectivity index (χ4v) is 2.28. The minimum atomic E-state index is -0.663. The van der Waals surface area contributed by atoms with E-state index in [-0.39, 0.29) is 11.8 Å². The van der Waals surface area contributed by atoms with E-state index >= 15 is 0 Å². The van der Waals surface area contributed by atoms with E-state index < -0.39 is 12.1 Å². The number of allylic oxidation sites excluding steroid dienone is 1. The van der Waals surface area contributed by atoms with E-state index in [4.69, 9.17) is 5.73 Å². The van der Waals surface area contributed by atoms with Gasteiger partial charge in [-0.2, -0.15) is 0 Å². The van der Waals surface area contributed by atoms with Crippen LogP contribution >= 0.6 is 0 Å². The first-order valence-corrected chi connectivity index (χ1v) is 7.02. The summed E-state index contributed by atoms with van der Waals surface area (Å²) in [5.74, 6) is -0.147. The lowest BCUT2D eigenvalue weighted by Crippen LogP contribution is -2.51. The van der Waals surface area contributed by atoms with Crippen molar-refractivity contribution in [2.75, 3.05) is 6.54 Å². The summed E-state index contributed by atoms with van der Waals surface area (Å²) in [6, 6.07) is -1.22. The Morgan fingerprint density at radius 2 is 2.11 bits per heavy atom. The maximum absolute atomic E-state index is 12.0. The van der Waals surface area contributed by atoms with Crippen molar-refractivity contribution in [1.82, 2.24) is 10.6 Å². The Bertz CT molecular complexity index is 351. The molecule has 0 saturated carbocycles. The van der Waals surface area contributed by atoms with Gasteiger partial charge in [0.25, 0.3) is 0 Å². The summed E-state index contributed by atoms with van der Waals surface area (Å²) in [4.78, 5) is 22.8. The minimum absolute atomic E-state index is 0.0152. The molecule has 0 aromatic rings. The maximum atomic E-state index is 12.0. The largest absolute Gasteiger partial charge is 0.354 e. The smallest absolute Gasteiger partial charge is 0.312 e. The summed E-state index contributed by atoms with van der Waals surface area (Å²) < 4.78 is 0. The van der Waals surface area contributed by atoms with Gasteiger partial charge in [-0.15, -0.1) is 0 Å². The van der Waals surface area contributed by atoms with Gasteiger partial charge in [0.15, 0.2) is 0 Å². The molecule has 1 aliphatic rings. The quantitative estimate of drug-likeness (QED) is 0.640. The summed E-state index contributed by atoms with van der Waals surface area (Å²) in [5, 5.41) is 5.35. The molecular formula is C14H25N3O2. The van der Waals surface area contributed by atoms with Gasteiger partial charge >= 0.3 is 6.03 Å². The van der Waals surface area contributed by atoms with Gasteiger partial charge in [0.1, 0.15) is 6.04 Å². The average Bonchev–Trinajstić information content (AvgIpc) is 2.36. The number of amides is 3. The zero-order valence-electron chi connectivity index (χ0n) is 11.9. The van der Waals surface area contributed by atoms with Crippen molar-refractivity contribution in [3.05, 3.63) is 11.6 Å². The molecule has 0 spiro atoms. The lowest BCUT2D eigenvalue weighted by atomic mass is 9.97. The van der Waals surface area contributed by atoms with Crippen molar-refractivity contribution in [2.24, 2.45) is 11.7 Å². The summed E-state index contributed by atoms with van der Waals surface area (Å²) >= 11 is 0. The Balaban J connectivity index is 2.35. The molecular weight excluding hydrogens is 242 g/mol. The standard InChI is InChI=1S/C14H25N3O2/c1-10(2)12(17-14(15)19)13(18)16-9-8-11-6-4-3-5-7-11/h6,10,12H,3-5,7-9H2,1-2H3,(H,16,18)(H3,15,17,19). The fraction of sp³-hybridized carbons (Fsp3) is 0.714. The molecule has 0 bridgehead atoms. The van der Waals surface area contributed by atoms with Gasteiger partial charge in [0.2, 0.25) is 5.91 Å². The van der Waals surface area contributed by atoms with E-state index in [1.807, 2.05) is 13.8 Å². The number of carbonyl (C=O) groups excluding carboxylic acids is 2. The number of carbonyl (C=O) groups is 2. The predicted octanol–water partition coefficient (Wildman–Crippen LogP) is 1.69. The van der Waals surface area contributed by atoms with Crippen molar-refractivity contribution >= 4 is 11.9 Å². The molecule has 19 heavy (non-hydrogen) atoms. The van der Waals surface area contributed by atoms with Crippen LogP contribution in [0.1, 0.15) is 46.0 Å². The Hall–Kier alpha value is -1.52. The molecule has 4 N–H and O–H groups in total. The van der Waals surface area contributed by atoms with Crippen LogP contribution in [0.15, 0.2) is 11.6 Å². The third-order valence-corrected chi connectivity index (χ3v) is 3.38. The number of hydrogen-bond acceptors (Lipinski definition) is 2. The van der Waals surface area contributed by atoms with E-state index in [0.29, 0.717) is 6.54 Å². The number of nitrogens with one attached hydrogen (secondary N) is 2. The van der Waals surface area contributed by atoms with E-state index in [1.165, 1.54) is 18.4 Å². The van der Waals surface area contributed by atoms with E-state index in [9.17, 15) is 9.59 Å². The Morgan fingerprint density at radius 1 is 1.37 bits per heavy atom. The van der Waals surface area contributed by atoms with Gasteiger partial charge < -0.3 is 16.4 Å². The third-order valence-electron chi connectivity index (χ3n) is 3.38. The molecule has 0 fully saturated rings. The fourth-order valence-electron chi connectivity index (χ4n) is 2.28. The van der Waals surface area contributed by atoms with Gasteiger partial charge in [-0.3, -0.25) is 4.79 Å². The van der Waals surface area contributed by atoms with E-state index in [1.54, 1.807) is 0 Å². The molecule has 1 aliphatic carbocycles. The normalized spacial score (nSPS) is 16.7. The molecule has 5 nitrogen and oxygen atoms in total. The average molecular weight is 267 g/mol. The molecule has 0 heterocycles. The number of rotatable bonds is 6. The summed E-state index contributed by atoms with van der Waals surface area (Å²) in [6.45, 7) is 4.38. The topological polar surface area (TPSA) is 84.2 Å². The summed E-state index contributed by atoms with van der Waals surface area (Å²) in [6.07, 6.45) is 7.99. The van der Waals surface area contributed by atoms with Gasteiger partial charge in [-0.1, -0.05) is 25.5 Å². The highest BCUT2D eigenvalue weighted by Gasteiger charge is 2.22. The zero-order chi connectivity index (χ0) is 14.3. The molecule has 1 atom stereocenters. The van der Waals surface area contributed by atoms with Crippen molar-refractivity contribution in [1.29, 1.82) is 0 Å². The Morgan fingerprint density at radius 3 is 2.63 bits per heavy atom. The van der Waals surface area contributed by atoms with Gasteiger partial charge in [-0.05, 0) is 38.0 Å². The Labute approximate surface area is 115 Å². The number of primary amides is 1. The van der Waals surface area contributed by atoms with Gasteiger partial charge in [0.05, 0.1) is 0 Å². The highest BCUT2D eigenvalue weighted by atomic mass is 16.2. The van der Waals surface area contributed by atoms with Crippen LogP contribution in [0.5, 0.6) is 0 Å². The highest BCUT2D eigenvalue weighted by Crippen LogP contribution is 2.19. The van der Waals surface area contributed by atoms with Crippen molar-refractivity contribution in [3.63, 3.8) is 0 Å². The molecule has 3 amide bonds. The Kier molecular flexibility index (Phi) is 6.39. The van der Waals surface area contributed by atoms with E-state index in [2.05, 4.69) is 16.7 Å². The molecule has 0 saturated heterocycles. The number of nitrogens with two attached hydrogens (primary N) is 1. The lowest BCUT2D eigenvalue weighted by Gasteiger charge is -2.21. The van der Waals surface area contributed by atoms with Crippen molar-refractivity contribution in [2.45, 2.75) is 52.0 Å². The molecule has 108 valence electrons. The van der Waals surface area contributed by atoms with Crippen LogP contribution in [0.4, 0.5) is 4.79 Å². The molecule has 1 unspecified atom stereocenters. The third kappa shape index (κ3) is 5.77. The first kappa shape index (κ1) is 15.5. The molecule has 0 aromatic carbocycles. The van der Waals surface area contributed by atoms with Crippen LogP contribution in [0, 0.1) is 5.92 Å². The maximum Gasteiger partial charge on any atom is 0.312 e. The molecule has 0 aromatic heterocycles. The number of hydrogen-bond donors (Lipinski definition) is 3. The monoisotopic (exact) mass is 267 g/mol. The summed E-state index contributed by atoms with van der Waals surface area (Å²) in [5.41, 5.74) is 6.50. The van der Waals surface area contributed by atoms with Crippen molar-refractivity contribution in [3.8, 4) is 0 Å².